The number of ether oxygens (including phenoxy) is 2. The molecule has 3 heterocycles. The van der Waals surface area contributed by atoms with E-state index in [0.717, 1.165) is 19.0 Å². The molecule has 246 valence electrons. The van der Waals surface area contributed by atoms with Gasteiger partial charge in [0.2, 0.25) is 11.8 Å². The summed E-state index contributed by atoms with van der Waals surface area (Å²) in [5.74, 6) is -3.35. The smallest absolute Gasteiger partial charge is 0.408 e. The Kier molecular flexibility index (Phi) is 10.3. The average molecular weight is 632 g/mol. The van der Waals surface area contributed by atoms with Gasteiger partial charge in [-0.15, -0.1) is 0 Å². The fourth-order valence-electron chi connectivity index (χ4n) is 5.68. The standard InChI is InChI=1S/C31H42FN5O8/c1-18(22-13-12-20(32)16-33-22)34-28(42)44-21-14-24-25(38)36-31(27(40)41)15-19(31)10-8-6-5-7-9-11-23(26(39)37(24)17-21)35-29(43)45-30(2,3)4/h8,10,12-13,16,18-19,21,23-24H,5-7,9,11,14-15,17H2,1-4H3,(H,34,42)(H,35,43)(H,36,38)(H,40,41)/t18-,19+,21+,23-,24?,31+/m0/s1. The van der Waals surface area contributed by atoms with Crippen molar-refractivity contribution in [2.45, 2.75) is 108 Å². The summed E-state index contributed by atoms with van der Waals surface area (Å²) in [6.07, 6.45) is 5.47. The number of hydrogen-bond acceptors (Lipinski definition) is 8. The molecule has 14 heteroatoms. The average Bonchev–Trinajstić information content (AvgIpc) is 3.48. The maximum Gasteiger partial charge on any atom is 0.408 e. The van der Waals surface area contributed by atoms with E-state index < -0.39 is 77.1 Å². The van der Waals surface area contributed by atoms with E-state index in [0.29, 0.717) is 18.5 Å². The molecule has 4 amide bonds. The number of amides is 4. The van der Waals surface area contributed by atoms with Gasteiger partial charge in [0.15, 0.2) is 0 Å². The summed E-state index contributed by atoms with van der Waals surface area (Å²) in [5.41, 5.74) is -1.91. The van der Waals surface area contributed by atoms with Gasteiger partial charge in [-0.2, -0.15) is 0 Å². The SMILES string of the molecule is C[C@H](NC(=O)O[C@@H]1CC2C(=O)N[C@]3(C(=O)O)C[C@H]3C=CCCCCC[C@H](NC(=O)OC(C)(C)C)C(=O)N2C1)c1ccc(F)cn1. The molecule has 45 heavy (non-hydrogen) atoms. The third kappa shape index (κ3) is 8.70. The third-order valence-corrected chi connectivity index (χ3v) is 8.11. The minimum Gasteiger partial charge on any atom is -0.479 e. The maximum atomic E-state index is 14.0. The topological polar surface area (TPSA) is 176 Å². The van der Waals surface area contributed by atoms with Crippen molar-refractivity contribution in [3.05, 3.63) is 42.0 Å². The van der Waals surface area contributed by atoms with E-state index in [-0.39, 0.29) is 25.8 Å². The molecule has 1 aromatic heterocycles. The third-order valence-electron chi connectivity index (χ3n) is 8.11. The molecular formula is C31H42FN5O8. The quantitative estimate of drug-likeness (QED) is 0.355. The zero-order chi connectivity index (χ0) is 32.9. The Morgan fingerprint density at radius 3 is 2.60 bits per heavy atom. The number of carboxylic acid groups (broad SMARTS) is 1. The first-order valence-corrected chi connectivity index (χ1v) is 15.3. The Hall–Kier alpha value is -4.23. The normalized spacial score (nSPS) is 27.9. The highest BCUT2D eigenvalue weighted by Gasteiger charge is 2.61. The number of halogens is 1. The summed E-state index contributed by atoms with van der Waals surface area (Å²) in [6.45, 7) is 6.56. The van der Waals surface area contributed by atoms with Gasteiger partial charge in [-0.25, -0.2) is 18.8 Å². The van der Waals surface area contributed by atoms with Gasteiger partial charge < -0.3 is 35.4 Å². The minimum atomic E-state index is -1.50. The van der Waals surface area contributed by atoms with Gasteiger partial charge in [-0.05, 0) is 65.5 Å². The molecule has 4 N–H and O–H groups in total. The molecule has 1 saturated carbocycles. The van der Waals surface area contributed by atoms with Crippen LogP contribution >= 0.6 is 0 Å². The van der Waals surface area contributed by atoms with E-state index in [9.17, 15) is 33.5 Å². The van der Waals surface area contributed by atoms with Crippen molar-refractivity contribution < 1.29 is 42.9 Å². The Balaban J connectivity index is 1.55. The van der Waals surface area contributed by atoms with E-state index in [1.54, 1.807) is 27.7 Å². The zero-order valence-corrected chi connectivity index (χ0v) is 26.0. The van der Waals surface area contributed by atoms with Gasteiger partial charge in [-0.1, -0.05) is 25.0 Å². The van der Waals surface area contributed by atoms with Crippen LogP contribution in [0, 0.1) is 11.7 Å². The Morgan fingerprint density at radius 1 is 1.18 bits per heavy atom. The number of aromatic nitrogens is 1. The van der Waals surface area contributed by atoms with E-state index in [2.05, 4.69) is 20.9 Å². The van der Waals surface area contributed by atoms with E-state index in [1.807, 2.05) is 12.2 Å². The number of carboxylic acids is 1. The lowest BCUT2D eigenvalue weighted by Crippen LogP contribution is -2.56. The highest BCUT2D eigenvalue weighted by atomic mass is 19.1. The number of alkyl carbamates (subject to hydrolysis) is 2. The summed E-state index contributed by atoms with van der Waals surface area (Å²) in [6, 6.07) is -0.195. The van der Waals surface area contributed by atoms with Gasteiger partial charge in [-0.3, -0.25) is 14.6 Å². The first-order chi connectivity index (χ1) is 21.2. The summed E-state index contributed by atoms with van der Waals surface area (Å²) in [7, 11) is 0. The molecule has 1 aliphatic carbocycles. The molecule has 0 spiro atoms. The zero-order valence-electron chi connectivity index (χ0n) is 26.0. The monoisotopic (exact) mass is 631 g/mol. The molecule has 2 fully saturated rings. The van der Waals surface area contributed by atoms with Crippen LogP contribution < -0.4 is 16.0 Å². The molecule has 1 saturated heterocycles. The predicted molar refractivity (Wildman–Crippen MR) is 158 cm³/mol. The van der Waals surface area contributed by atoms with Gasteiger partial charge in [0.05, 0.1) is 24.5 Å². The van der Waals surface area contributed by atoms with Crippen molar-refractivity contribution in [1.29, 1.82) is 0 Å². The number of rotatable bonds is 5. The van der Waals surface area contributed by atoms with Crippen molar-refractivity contribution in [2.24, 2.45) is 5.92 Å². The molecule has 4 rings (SSSR count). The molecular weight excluding hydrogens is 589 g/mol. The van der Waals surface area contributed by atoms with Crippen molar-refractivity contribution >= 4 is 30.0 Å². The second-order valence-electron chi connectivity index (χ2n) is 12.9. The van der Waals surface area contributed by atoms with Crippen LogP contribution in [0.25, 0.3) is 0 Å². The van der Waals surface area contributed by atoms with Crippen LogP contribution in [-0.2, 0) is 23.9 Å². The number of nitrogens with one attached hydrogen (secondary N) is 3. The number of carbonyl (C=O) groups excluding carboxylic acids is 4. The van der Waals surface area contributed by atoms with E-state index >= 15 is 0 Å². The first-order valence-electron chi connectivity index (χ1n) is 15.3. The van der Waals surface area contributed by atoms with Crippen LogP contribution in [0.5, 0.6) is 0 Å². The number of aliphatic carboxylic acids is 1. The summed E-state index contributed by atoms with van der Waals surface area (Å²) in [5, 5.41) is 17.9. The molecule has 0 aromatic carbocycles. The maximum absolute atomic E-state index is 14.0. The molecule has 1 unspecified atom stereocenters. The summed E-state index contributed by atoms with van der Waals surface area (Å²) >= 11 is 0. The molecule has 13 nitrogen and oxygen atoms in total. The molecule has 0 bridgehead atoms. The minimum absolute atomic E-state index is 0.0937. The van der Waals surface area contributed by atoms with Crippen LogP contribution in [0.3, 0.4) is 0 Å². The van der Waals surface area contributed by atoms with E-state index in [4.69, 9.17) is 9.47 Å². The Labute approximate surface area is 261 Å². The predicted octanol–water partition coefficient (Wildman–Crippen LogP) is 3.35. The van der Waals surface area contributed by atoms with Gasteiger partial charge in [0.25, 0.3) is 0 Å². The van der Waals surface area contributed by atoms with Gasteiger partial charge in [0.1, 0.15) is 35.1 Å². The summed E-state index contributed by atoms with van der Waals surface area (Å²) < 4.78 is 24.2. The van der Waals surface area contributed by atoms with E-state index in [1.165, 1.54) is 17.0 Å². The number of allylic oxidation sites excluding steroid dienone is 1. The van der Waals surface area contributed by atoms with Crippen molar-refractivity contribution in [3.63, 3.8) is 0 Å². The van der Waals surface area contributed by atoms with Crippen LogP contribution in [0.2, 0.25) is 0 Å². The lowest BCUT2D eigenvalue weighted by molar-refractivity contribution is -0.145. The molecule has 2 aliphatic heterocycles. The first kappa shape index (κ1) is 33.7. The number of pyridine rings is 1. The fraction of sp³-hybridized carbons (Fsp3) is 0.613. The molecule has 3 aliphatic rings. The van der Waals surface area contributed by atoms with Crippen LogP contribution in [0.15, 0.2) is 30.5 Å². The van der Waals surface area contributed by atoms with Crippen molar-refractivity contribution in [2.75, 3.05) is 6.54 Å². The summed E-state index contributed by atoms with van der Waals surface area (Å²) in [4.78, 5) is 70.6. The molecule has 6 atom stereocenters. The van der Waals surface area contributed by atoms with Gasteiger partial charge >= 0.3 is 18.2 Å². The largest absolute Gasteiger partial charge is 0.479 e. The second kappa shape index (κ2) is 13.8. The highest BCUT2D eigenvalue weighted by Crippen LogP contribution is 2.45. The van der Waals surface area contributed by atoms with Crippen LogP contribution in [-0.4, -0.2) is 80.8 Å². The molecule has 1 aromatic rings. The Morgan fingerprint density at radius 2 is 1.93 bits per heavy atom. The van der Waals surface area contributed by atoms with Crippen molar-refractivity contribution in [3.8, 4) is 0 Å². The van der Waals surface area contributed by atoms with Crippen LogP contribution in [0.1, 0.15) is 84.4 Å². The second-order valence-corrected chi connectivity index (χ2v) is 12.9. The number of hydrogen-bond donors (Lipinski definition) is 4. The van der Waals surface area contributed by atoms with Gasteiger partial charge in [0, 0.05) is 12.3 Å². The fourth-order valence-corrected chi connectivity index (χ4v) is 5.68. The number of fused-ring (bicyclic) bond motifs is 2. The van der Waals surface area contributed by atoms with Crippen molar-refractivity contribution in [1.82, 2.24) is 25.8 Å². The lowest BCUT2D eigenvalue weighted by Gasteiger charge is -2.30. The highest BCUT2D eigenvalue weighted by molar-refractivity contribution is 5.96. The van der Waals surface area contributed by atoms with Crippen LogP contribution in [0.4, 0.5) is 14.0 Å². The molecule has 0 radical (unpaired) electrons. The lowest BCUT2D eigenvalue weighted by atomic mass is 10.0. The Bertz CT molecular complexity index is 1320. The number of carbonyl (C=O) groups is 5. The number of nitrogens with zero attached hydrogens (tertiary/aromatic N) is 2.